The van der Waals surface area contributed by atoms with Crippen LogP contribution in [0.2, 0.25) is 0 Å². The fourth-order valence-corrected chi connectivity index (χ4v) is 4.95. The Bertz CT molecular complexity index is 1160. The SMILES string of the molecule is CN(c1ccc(-c2ccc(-c3cnn(C)c(=O)c3)cc2O)nn1)C1CC2CCCC(C1)N2. The Morgan fingerprint density at radius 3 is 2.50 bits per heavy atom. The van der Waals surface area contributed by atoms with Gasteiger partial charge in [0.1, 0.15) is 5.75 Å². The van der Waals surface area contributed by atoms with E-state index in [0.717, 1.165) is 24.2 Å². The molecule has 166 valence electrons. The molecule has 2 aliphatic heterocycles. The third-order valence-electron chi connectivity index (χ3n) is 6.82. The molecule has 3 aromatic rings. The van der Waals surface area contributed by atoms with Crippen molar-refractivity contribution in [3.63, 3.8) is 0 Å². The smallest absolute Gasteiger partial charge is 0.267 e. The molecule has 8 nitrogen and oxygen atoms in total. The number of piperidine rings is 2. The predicted octanol–water partition coefficient (Wildman–Crippen LogP) is 2.72. The maximum absolute atomic E-state index is 11.9. The molecular formula is C24H28N6O2. The standard InChI is InChI=1S/C24H28N6O2/c1-29(19-12-17-4-3-5-18(13-19)26-17)23-9-8-21(27-28-23)20-7-6-15(10-22(20)31)16-11-24(32)30(2)25-14-16/h6-11,14,17-19,26,31H,3-5,12-13H2,1-2H3. The molecule has 2 N–H and O–H groups in total. The van der Waals surface area contributed by atoms with Gasteiger partial charge in [-0.1, -0.05) is 12.5 Å². The molecule has 4 heterocycles. The molecule has 2 aromatic heterocycles. The number of phenolic OH excluding ortho intramolecular Hbond substituents is 1. The van der Waals surface area contributed by atoms with Gasteiger partial charge in [0.2, 0.25) is 0 Å². The van der Waals surface area contributed by atoms with Gasteiger partial charge >= 0.3 is 0 Å². The zero-order valence-electron chi connectivity index (χ0n) is 18.4. The van der Waals surface area contributed by atoms with Gasteiger partial charge in [0.15, 0.2) is 5.82 Å². The van der Waals surface area contributed by atoms with Crippen LogP contribution in [0, 0.1) is 0 Å². The fraction of sp³-hybridized carbons (Fsp3) is 0.417. The highest BCUT2D eigenvalue weighted by atomic mass is 16.3. The van der Waals surface area contributed by atoms with Crippen molar-refractivity contribution in [2.24, 2.45) is 7.05 Å². The number of fused-ring (bicyclic) bond motifs is 2. The molecule has 0 radical (unpaired) electrons. The monoisotopic (exact) mass is 432 g/mol. The Kier molecular flexibility index (Phi) is 5.38. The van der Waals surface area contributed by atoms with E-state index in [1.54, 1.807) is 25.4 Å². The molecule has 0 spiro atoms. The van der Waals surface area contributed by atoms with Crippen molar-refractivity contribution < 1.29 is 5.11 Å². The largest absolute Gasteiger partial charge is 0.507 e. The first kappa shape index (κ1) is 20.6. The van der Waals surface area contributed by atoms with Crippen LogP contribution in [-0.2, 0) is 7.05 Å². The van der Waals surface area contributed by atoms with E-state index >= 15 is 0 Å². The second-order valence-corrected chi connectivity index (χ2v) is 8.94. The van der Waals surface area contributed by atoms with Crippen molar-refractivity contribution in [2.45, 2.75) is 50.2 Å². The Hall–Kier alpha value is -3.26. The second kappa shape index (κ2) is 8.35. The first-order chi connectivity index (χ1) is 15.5. The van der Waals surface area contributed by atoms with Crippen molar-refractivity contribution in [3.8, 4) is 28.1 Å². The first-order valence-electron chi connectivity index (χ1n) is 11.2. The molecule has 2 saturated heterocycles. The third kappa shape index (κ3) is 3.98. The summed E-state index contributed by atoms with van der Waals surface area (Å²) in [7, 11) is 3.70. The van der Waals surface area contributed by atoms with Crippen LogP contribution in [0.15, 0.2) is 47.4 Å². The van der Waals surface area contributed by atoms with Gasteiger partial charge in [0.25, 0.3) is 5.56 Å². The van der Waals surface area contributed by atoms with E-state index in [1.807, 2.05) is 18.2 Å². The van der Waals surface area contributed by atoms with Gasteiger partial charge in [-0.05, 0) is 55.5 Å². The number of phenols is 1. The van der Waals surface area contributed by atoms with Crippen molar-refractivity contribution >= 4 is 5.82 Å². The number of rotatable bonds is 4. The molecule has 2 bridgehead atoms. The molecule has 0 amide bonds. The third-order valence-corrected chi connectivity index (χ3v) is 6.82. The summed E-state index contributed by atoms with van der Waals surface area (Å²) in [6.45, 7) is 0. The van der Waals surface area contributed by atoms with Crippen LogP contribution in [0.4, 0.5) is 5.82 Å². The van der Waals surface area contributed by atoms with Gasteiger partial charge < -0.3 is 15.3 Å². The first-order valence-corrected chi connectivity index (χ1v) is 11.2. The molecule has 0 saturated carbocycles. The Morgan fingerprint density at radius 2 is 1.84 bits per heavy atom. The zero-order valence-corrected chi connectivity index (χ0v) is 18.4. The normalized spacial score (nSPS) is 22.5. The molecule has 32 heavy (non-hydrogen) atoms. The van der Waals surface area contributed by atoms with Crippen molar-refractivity contribution in [2.75, 3.05) is 11.9 Å². The minimum absolute atomic E-state index is 0.0877. The van der Waals surface area contributed by atoms with E-state index in [2.05, 4.69) is 32.6 Å². The number of nitrogens with zero attached hydrogens (tertiary/aromatic N) is 5. The molecule has 2 fully saturated rings. The molecule has 2 aliphatic rings. The number of nitrogens with one attached hydrogen (secondary N) is 1. The summed E-state index contributed by atoms with van der Waals surface area (Å²) < 4.78 is 1.27. The number of hydrogen-bond donors (Lipinski definition) is 2. The molecule has 2 atom stereocenters. The van der Waals surface area contributed by atoms with E-state index in [1.165, 1.54) is 30.0 Å². The summed E-state index contributed by atoms with van der Waals surface area (Å²) in [6.07, 6.45) is 7.72. The summed E-state index contributed by atoms with van der Waals surface area (Å²) in [5, 5.41) is 27.2. The van der Waals surface area contributed by atoms with Gasteiger partial charge in [0.05, 0.1) is 11.9 Å². The molecule has 2 unspecified atom stereocenters. The minimum Gasteiger partial charge on any atom is -0.507 e. The highest BCUT2D eigenvalue weighted by molar-refractivity contribution is 5.74. The fourth-order valence-electron chi connectivity index (χ4n) is 4.95. The lowest BCUT2D eigenvalue weighted by Gasteiger charge is -2.43. The summed E-state index contributed by atoms with van der Waals surface area (Å²) in [5.74, 6) is 0.936. The lowest BCUT2D eigenvalue weighted by molar-refractivity contribution is 0.219. The minimum atomic E-state index is -0.200. The Morgan fingerprint density at radius 1 is 1.06 bits per heavy atom. The van der Waals surface area contributed by atoms with Crippen LogP contribution >= 0.6 is 0 Å². The maximum atomic E-state index is 11.9. The van der Waals surface area contributed by atoms with Crippen LogP contribution < -0.4 is 15.8 Å². The average Bonchev–Trinajstić information content (AvgIpc) is 2.80. The topological polar surface area (TPSA) is 96.2 Å². The second-order valence-electron chi connectivity index (χ2n) is 8.94. The van der Waals surface area contributed by atoms with Crippen LogP contribution in [0.5, 0.6) is 5.75 Å². The van der Waals surface area contributed by atoms with E-state index in [9.17, 15) is 9.90 Å². The van der Waals surface area contributed by atoms with Crippen LogP contribution in [0.25, 0.3) is 22.4 Å². The average molecular weight is 433 g/mol. The van der Waals surface area contributed by atoms with Crippen molar-refractivity contribution in [1.82, 2.24) is 25.3 Å². The summed E-state index contributed by atoms with van der Waals surface area (Å²) in [4.78, 5) is 14.1. The zero-order chi connectivity index (χ0) is 22.2. The van der Waals surface area contributed by atoms with Crippen LogP contribution in [-0.4, -0.2) is 50.3 Å². The predicted molar refractivity (Wildman–Crippen MR) is 124 cm³/mol. The van der Waals surface area contributed by atoms with E-state index < -0.39 is 0 Å². The maximum Gasteiger partial charge on any atom is 0.267 e. The quantitative estimate of drug-likeness (QED) is 0.654. The Balaban J connectivity index is 1.34. The van der Waals surface area contributed by atoms with E-state index in [0.29, 0.717) is 34.9 Å². The van der Waals surface area contributed by atoms with Gasteiger partial charge in [-0.15, -0.1) is 10.2 Å². The van der Waals surface area contributed by atoms with Gasteiger partial charge in [-0.3, -0.25) is 4.79 Å². The van der Waals surface area contributed by atoms with Crippen LogP contribution in [0.3, 0.4) is 0 Å². The lowest BCUT2D eigenvalue weighted by atomic mass is 9.83. The van der Waals surface area contributed by atoms with Gasteiger partial charge in [0, 0.05) is 49.4 Å². The number of aryl methyl sites for hydroxylation is 1. The summed E-state index contributed by atoms with van der Waals surface area (Å²) in [5.41, 5.74) is 2.38. The molecule has 0 aliphatic carbocycles. The van der Waals surface area contributed by atoms with Gasteiger partial charge in [-0.2, -0.15) is 5.10 Å². The van der Waals surface area contributed by atoms with Crippen molar-refractivity contribution in [1.29, 1.82) is 0 Å². The van der Waals surface area contributed by atoms with Gasteiger partial charge in [-0.25, -0.2) is 4.68 Å². The van der Waals surface area contributed by atoms with E-state index in [4.69, 9.17) is 0 Å². The Labute approximate surface area is 186 Å². The molecule has 1 aromatic carbocycles. The summed E-state index contributed by atoms with van der Waals surface area (Å²) in [6, 6.07) is 12.3. The number of aromatic nitrogens is 4. The number of aromatic hydroxyl groups is 1. The highest BCUT2D eigenvalue weighted by Crippen LogP contribution is 2.33. The number of benzene rings is 1. The molecule has 8 heteroatoms. The molecule has 5 rings (SSSR count). The van der Waals surface area contributed by atoms with Crippen molar-refractivity contribution in [3.05, 3.63) is 52.9 Å². The summed E-state index contributed by atoms with van der Waals surface area (Å²) >= 11 is 0. The molecular weight excluding hydrogens is 404 g/mol. The number of anilines is 1. The van der Waals surface area contributed by atoms with Crippen LogP contribution in [0.1, 0.15) is 32.1 Å². The van der Waals surface area contributed by atoms with E-state index in [-0.39, 0.29) is 11.3 Å². The number of hydrogen-bond acceptors (Lipinski definition) is 7. The lowest BCUT2D eigenvalue weighted by Crippen LogP contribution is -2.54. The highest BCUT2D eigenvalue weighted by Gasteiger charge is 2.33.